The van der Waals surface area contributed by atoms with Gasteiger partial charge >= 0.3 is 0 Å². The molecule has 2 aromatic carbocycles. The Morgan fingerprint density at radius 2 is 1.92 bits per heavy atom. The highest BCUT2D eigenvalue weighted by atomic mass is 35.5. The number of halogens is 1. The highest BCUT2D eigenvalue weighted by Gasteiger charge is 2.13. The highest BCUT2D eigenvalue weighted by molar-refractivity contribution is 8.00. The lowest BCUT2D eigenvalue weighted by Crippen LogP contribution is -2.31. The molecular formula is C19H22ClNO2S. The summed E-state index contributed by atoms with van der Waals surface area (Å²) in [6.45, 7) is 2.57. The molecular weight excluding hydrogens is 342 g/mol. The van der Waals surface area contributed by atoms with Crippen LogP contribution in [0.25, 0.3) is 0 Å². The number of hydrogen-bond donors (Lipinski definition) is 1. The molecule has 0 saturated heterocycles. The van der Waals surface area contributed by atoms with Gasteiger partial charge in [0.05, 0.1) is 12.4 Å². The molecule has 5 heteroatoms. The van der Waals surface area contributed by atoms with E-state index in [1.54, 1.807) is 7.11 Å². The van der Waals surface area contributed by atoms with Crippen LogP contribution in [0.1, 0.15) is 18.9 Å². The van der Waals surface area contributed by atoms with E-state index < -0.39 is 0 Å². The van der Waals surface area contributed by atoms with Crippen molar-refractivity contribution in [2.45, 2.75) is 29.9 Å². The number of methoxy groups -OCH3 is 1. The van der Waals surface area contributed by atoms with Crippen molar-refractivity contribution in [2.75, 3.05) is 13.7 Å². The molecule has 1 atom stereocenters. The van der Waals surface area contributed by atoms with E-state index in [9.17, 15) is 4.79 Å². The second-order valence-corrected chi connectivity index (χ2v) is 7.27. The maximum absolute atomic E-state index is 12.2. The van der Waals surface area contributed by atoms with E-state index in [4.69, 9.17) is 16.3 Å². The van der Waals surface area contributed by atoms with Gasteiger partial charge in [0.1, 0.15) is 5.75 Å². The minimum atomic E-state index is -0.141. The van der Waals surface area contributed by atoms with Gasteiger partial charge in [-0.1, -0.05) is 29.8 Å². The zero-order chi connectivity index (χ0) is 17.4. The van der Waals surface area contributed by atoms with E-state index in [0.29, 0.717) is 11.6 Å². The second-order valence-electron chi connectivity index (χ2n) is 5.42. The standard InChI is InChI=1S/C19H22ClNO2S/c1-14(24-17-11-9-16(20)10-12-17)19(22)21-13-5-7-15-6-3-4-8-18(15)23-2/h3-4,6,8-12,14H,5,7,13H2,1-2H3,(H,21,22)/t14-/m1/s1. The average Bonchev–Trinajstić information content (AvgIpc) is 2.60. The van der Waals surface area contributed by atoms with Crippen molar-refractivity contribution >= 4 is 29.3 Å². The molecule has 2 rings (SSSR count). The number of ether oxygens (including phenoxy) is 1. The summed E-state index contributed by atoms with van der Waals surface area (Å²) in [5.74, 6) is 0.950. The van der Waals surface area contributed by atoms with E-state index in [0.717, 1.165) is 29.1 Å². The molecule has 1 N–H and O–H groups in total. The summed E-state index contributed by atoms with van der Waals surface area (Å²) < 4.78 is 5.34. The molecule has 0 aliphatic rings. The Hall–Kier alpha value is -1.65. The Kier molecular flexibility index (Phi) is 7.47. The number of carbonyl (C=O) groups excluding carboxylic acids is 1. The van der Waals surface area contributed by atoms with Crippen LogP contribution in [0.2, 0.25) is 5.02 Å². The zero-order valence-corrected chi connectivity index (χ0v) is 15.5. The zero-order valence-electron chi connectivity index (χ0n) is 13.9. The molecule has 0 aliphatic heterocycles. The van der Waals surface area contributed by atoms with Crippen LogP contribution in [0.5, 0.6) is 5.75 Å². The number of benzene rings is 2. The Balaban J connectivity index is 1.73. The summed E-state index contributed by atoms with van der Waals surface area (Å²) in [6, 6.07) is 15.5. The van der Waals surface area contributed by atoms with Gasteiger partial charge < -0.3 is 10.1 Å². The van der Waals surface area contributed by atoms with Crippen LogP contribution in [-0.2, 0) is 11.2 Å². The van der Waals surface area contributed by atoms with Crippen LogP contribution in [0.15, 0.2) is 53.4 Å². The number of amides is 1. The van der Waals surface area contributed by atoms with Gasteiger partial charge in [-0.05, 0) is 55.7 Å². The minimum absolute atomic E-state index is 0.0509. The monoisotopic (exact) mass is 363 g/mol. The maximum atomic E-state index is 12.2. The van der Waals surface area contributed by atoms with E-state index in [1.165, 1.54) is 11.8 Å². The Bertz CT molecular complexity index is 661. The van der Waals surface area contributed by atoms with Crippen molar-refractivity contribution in [3.8, 4) is 5.75 Å². The van der Waals surface area contributed by atoms with E-state index in [2.05, 4.69) is 11.4 Å². The molecule has 2 aromatic rings. The SMILES string of the molecule is COc1ccccc1CCCNC(=O)[C@@H](C)Sc1ccc(Cl)cc1. The third-order valence-corrected chi connectivity index (χ3v) is 4.97. The minimum Gasteiger partial charge on any atom is -0.496 e. The van der Waals surface area contributed by atoms with Crippen molar-refractivity contribution in [3.05, 3.63) is 59.1 Å². The highest BCUT2D eigenvalue weighted by Crippen LogP contribution is 2.24. The van der Waals surface area contributed by atoms with Crippen LogP contribution in [0.3, 0.4) is 0 Å². The molecule has 0 aliphatic carbocycles. The van der Waals surface area contributed by atoms with Gasteiger partial charge in [0.15, 0.2) is 0 Å². The number of hydrogen-bond acceptors (Lipinski definition) is 3. The third kappa shape index (κ3) is 5.77. The molecule has 0 unspecified atom stereocenters. The summed E-state index contributed by atoms with van der Waals surface area (Å²) in [5, 5.41) is 3.56. The number of carbonyl (C=O) groups is 1. The van der Waals surface area contributed by atoms with Crippen LogP contribution in [-0.4, -0.2) is 24.8 Å². The topological polar surface area (TPSA) is 38.3 Å². The molecule has 3 nitrogen and oxygen atoms in total. The lowest BCUT2D eigenvalue weighted by Gasteiger charge is -2.12. The summed E-state index contributed by atoms with van der Waals surface area (Å²) in [6.07, 6.45) is 1.76. The van der Waals surface area contributed by atoms with Crippen molar-refractivity contribution in [1.82, 2.24) is 5.32 Å². The number of aryl methyl sites for hydroxylation is 1. The van der Waals surface area contributed by atoms with E-state index in [-0.39, 0.29) is 11.2 Å². The Morgan fingerprint density at radius 1 is 1.21 bits per heavy atom. The van der Waals surface area contributed by atoms with Crippen LogP contribution < -0.4 is 10.1 Å². The van der Waals surface area contributed by atoms with Crippen molar-refractivity contribution < 1.29 is 9.53 Å². The first-order valence-electron chi connectivity index (χ1n) is 7.92. The van der Waals surface area contributed by atoms with Crippen LogP contribution in [0.4, 0.5) is 0 Å². The normalized spacial score (nSPS) is 11.8. The molecule has 0 radical (unpaired) electrons. The number of nitrogens with one attached hydrogen (secondary N) is 1. The molecule has 0 heterocycles. The lowest BCUT2D eigenvalue weighted by molar-refractivity contribution is -0.120. The summed E-state index contributed by atoms with van der Waals surface area (Å²) >= 11 is 7.40. The molecule has 0 spiro atoms. The predicted molar refractivity (Wildman–Crippen MR) is 101 cm³/mol. The average molecular weight is 364 g/mol. The Labute approximate surface area is 152 Å². The van der Waals surface area contributed by atoms with Crippen LogP contribution >= 0.6 is 23.4 Å². The first-order chi connectivity index (χ1) is 11.6. The fourth-order valence-electron chi connectivity index (χ4n) is 2.31. The van der Waals surface area contributed by atoms with E-state index in [1.807, 2.05) is 49.4 Å². The fourth-order valence-corrected chi connectivity index (χ4v) is 3.33. The van der Waals surface area contributed by atoms with Gasteiger partial charge in [0, 0.05) is 16.5 Å². The van der Waals surface area contributed by atoms with Crippen molar-refractivity contribution in [1.29, 1.82) is 0 Å². The van der Waals surface area contributed by atoms with Gasteiger partial charge in [-0.25, -0.2) is 0 Å². The number of thioether (sulfide) groups is 1. The predicted octanol–water partition coefficient (Wildman–Crippen LogP) is 4.58. The van der Waals surface area contributed by atoms with Crippen LogP contribution in [0, 0.1) is 0 Å². The number of rotatable bonds is 8. The molecule has 1 amide bonds. The summed E-state index contributed by atoms with van der Waals surface area (Å²) in [5.41, 5.74) is 1.16. The fraction of sp³-hybridized carbons (Fsp3) is 0.316. The van der Waals surface area contributed by atoms with Gasteiger partial charge in [0.25, 0.3) is 0 Å². The van der Waals surface area contributed by atoms with Gasteiger partial charge in [-0.3, -0.25) is 4.79 Å². The van der Waals surface area contributed by atoms with Gasteiger partial charge in [-0.15, -0.1) is 11.8 Å². The summed E-state index contributed by atoms with van der Waals surface area (Å²) in [4.78, 5) is 13.2. The Morgan fingerprint density at radius 3 is 2.62 bits per heavy atom. The van der Waals surface area contributed by atoms with E-state index >= 15 is 0 Å². The third-order valence-electron chi connectivity index (χ3n) is 3.61. The van der Waals surface area contributed by atoms with Gasteiger partial charge in [-0.2, -0.15) is 0 Å². The lowest BCUT2D eigenvalue weighted by atomic mass is 10.1. The first-order valence-corrected chi connectivity index (χ1v) is 9.17. The van der Waals surface area contributed by atoms with Crippen molar-refractivity contribution in [3.63, 3.8) is 0 Å². The molecule has 0 aromatic heterocycles. The largest absolute Gasteiger partial charge is 0.496 e. The molecule has 0 saturated carbocycles. The molecule has 0 fully saturated rings. The summed E-state index contributed by atoms with van der Waals surface area (Å²) in [7, 11) is 1.68. The van der Waals surface area contributed by atoms with Gasteiger partial charge in [0.2, 0.25) is 5.91 Å². The smallest absolute Gasteiger partial charge is 0.233 e. The molecule has 128 valence electrons. The molecule has 0 bridgehead atoms. The first kappa shape index (κ1) is 18.7. The molecule has 24 heavy (non-hydrogen) atoms. The maximum Gasteiger partial charge on any atom is 0.233 e. The quantitative estimate of drug-likeness (QED) is 0.551. The second kappa shape index (κ2) is 9.60. The number of para-hydroxylation sites is 1. The van der Waals surface area contributed by atoms with Crippen molar-refractivity contribution in [2.24, 2.45) is 0 Å².